The molecule has 1 aromatic carbocycles. The summed E-state index contributed by atoms with van der Waals surface area (Å²) in [6.07, 6.45) is 2.08. The number of rotatable bonds is 13. The molecular weight excluding hydrogens is 370 g/mol. The number of hydrogen-bond acceptors (Lipinski definition) is 5. The van der Waals surface area contributed by atoms with Crippen molar-refractivity contribution in [3.63, 3.8) is 0 Å². The predicted molar refractivity (Wildman–Crippen MR) is 104 cm³/mol. The zero-order valence-corrected chi connectivity index (χ0v) is 16.2. The Morgan fingerprint density at radius 1 is 1.15 bits per heavy atom. The van der Waals surface area contributed by atoms with Crippen molar-refractivity contribution in [1.82, 2.24) is 0 Å². The van der Waals surface area contributed by atoms with Crippen LogP contribution in [0.25, 0.3) is 0 Å². The van der Waals surface area contributed by atoms with E-state index in [1.165, 1.54) is 11.8 Å². The number of nitrogens with one attached hydrogen (secondary N) is 1. The molecule has 0 fully saturated rings. The molecule has 1 aromatic rings. The number of aliphatic hydroxyl groups is 1. The first kappa shape index (κ1) is 23.0. The van der Waals surface area contributed by atoms with Crippen LogP contribution in [-0.4, -0.2) is 45.0 Å². The third-order valence-electron chi connectivity index (χ3n) is 3.98. The van der Waals surface area contributed by atoms with Crippen LogP contribution in [-0.2, 0) is 14.4 Å². The molecule has 0 spiro atoms. The van der Waals surface area contributed by atoms with Crippen molar-refractivity contribution >= 4 is 35.3 Å². The van der Waals surface area contributed by atoms with Gasteiger partial charge in [0.2, 0.25) is 5.91 Å². The fraction of sp³-hybridized carbons (Fsp3) is 0.526. The molecule has 0 heterocycles. The van der Waals surface area contributed by atoms with E-state index in [1.54, 1.807) is 18.2 Å². The molecule has 7 nitrogen and oxygen atoms in total. The minimum atomic E-state index is -1.19. The van der Waals surface area contributed by atoms with E-state index in [-0.39, 0.29) is 0 Å². The zero-order chi connectivity index (χ0) is 20.2. The number of carboxylic acids is 2. The Balaban J connectivity index is 2.45. The number of amides is 1. The number of benzene rings is 1. The molecule has 0 saturated carbocycles. The summed E-state index contributed by atoms with van der Waals surface area (Å²) in [5.41, 5.74) is 0.492. The van der Waals surface area contributed by atoms with E-state index in [0.717, 1.165) is 17.7 Å². The highest BCUT2D eigenvalue weighted by Gasteiger charge is 2.18. The first-order valence-electron chi connectivity index (χ1n) is 8.97. The second-order valence-electron chi connectivity index (χ2n) is 6.37. The maximum absolute atomic E-state index is 11.5. The quantitative estimate of drug-likeness (QED) is 0.297. The van der Waals surface area contributed by atoms with E-state index in [1.807, 2.05) is 13.0 Å². The van der Waals surface area contributed by atoms with Crippen molar-refractivity contribution < 1.29 is 29.7 Å². The SMILES string of the molecule is CCCCC(CCC(O)CSc1cccc(NC(=O)CC(=O)O)c1)C(=O)O. The lowest BCUT2D eigenvalue weighted by molar-refractivity contribution is -0.142. The van der Waals surface area contributed by atoms with Crippen LogP contribution in [0, 0.1) is 5.92 Å². The summed E-state index contributed by atoms with van der Waals surface area (Å²) in [6, 6.07) is 6.92. The fourth-order valence-electron chi connectivity index (χ4n) is 2.52. The molecule has 0 aliphatic carbocycles. The highest BCUT2D eigenvalue weighted by atomic mass is 32.2. The number of aliphatic carboxylic acids is 2. The number of thioether (sulfide) groups is 1. The molecule has 0 aliphatic heterocycles. The number of anilines is 1. The van der Waals surface area contributed by atoms with Gasteiger partial charge in [-0.1, -0.05) is 25.8 Å². The molecule has 150 valence electrons. The third-order valence-corrected chi connectivity index (χ3v) is 5.11. The smallest absolute Gasteiger partial charge is 0.312 e. The summed E-state index contributed by atoms with van der Waals surface area (Å²) in [5.74, 6) is -2.62. The van der Waals surface area contributed by atoms with Crippen molar-refractivity contribution in [3.05, 3.63) is 24.3 Å². The average molecular weight is 397 g/mol. The van der Waals surface area contributed by atoms with Crippen LogP contribution >= 0.6 is 11.8 Å². The van der Waals surface area contributed by atoms with Crippen LogP contribution in [0.3, 0.4) is 0 Å². The van der Waals surface area contributed by atoms with Gasteiger partial charge in [0.1, 0.15) is 6.42 Å². The van der Waals surface area contributed by atoms with Gasteiger partial charge in [-0.3, -0.25) is 14.4 Å². The average Bonchev–Trinajstić information content (AvgIpc) is 2.59. The maximum atomic E-state index is 11.5. The molecule has 0 aromatic heterocycles. The zero-order valence-electron chi connectivity index (χ0n) is 15.4. The minimum absolute atomic E-state index is 0.409. The second kappa shape index (κ2) is 12.3. The number of carbonyl (C=O) groups is 3. The highest BCUT2D eigenvalue weighted by Crippen LogP contribution is 2.24. The number of carboxylic acid groups (broad SMARTS) is 2. The summed E-state index contributed by atoms with van der Waals surface area (Å²) in [5, 5.41) is 30.5. The molecule has 27 heavy (non-hydrogen) atoms. The Labute approximate surface area is 163 Å². The summed E-state index contributed by atoms with van der Waals surface area (Å²) < 4.78 is 0. The summed E-state index contributed by atoms with van der Waals surface area (Å²) in [7, 11) is 0. The molecule has 2 unspecified atom stereocenters. The van der Waals surface area contributed by atoms with Crippen LogP contribution in [0.4, 0.5) is 5.69 Å². The van der Waals surface area contributed by atoms with Crippen LogP contribution in [0.2, 0.25) is 0 Å². The Hall–Kier alpha value is -2.06. The number of carbonyl (C=O) groups excluding carboxylic acids is 1. The molecule has 1 rings (SSSR count). The fourth-order valence-corrected chi connectivity index (χ4v) is 3.45. The van der Waals surface area contributed by atoms with Crippen molar-refractivity contribution in [1.29, 1.82) is 0 Å². The Morgan fingerprint density at radius 2 is 1.89 bits per heavy atom. The van der Waals surface area contributed by atoms with Crippen LogP contribution in [0.5, 0.6) is 0 Å². The highest BCUT2D eigenvalue weighted by molar-refractivity contribution is 7.99. The van der Waals surface area contributed by atoms with Gasteiger partial charge < -0.3 is 20.6 Å². The van der Waals surface area contributed by atoms with E-state index in [0.29, 0.717) is 30.7 Å². The predicted octanol–water partition coefficient (Wildman–Crippen LogP) is 3.22. The summed E-state index contributed by atoms with van der Waals surface area (Å²) in [6.45, 7) is 2.02. The summed E-state index contributed by atoms with van der Waals surface area (Å²) in [4.78, 5) is 34.1. The Bertz CT molecular complexity index is 636. The van der Waals surface area contributed by atoms with Gasteiger partial charge in [0.15, 0.2) is 0 Å². The molecule has 4 N–H and O–H groups in total. The van der Waals surface area contributed by atoms with Crippen LogP contribution in [0.15, 0.2) is 29.2 Å². The van der Waals surface area contributed by atoms with Gasteiger partial charge in [-0.25, -0.2) is 0 Å². The molecule has 0 saturated heterocycles. The van der Waals surface area contributed by atoms with Crippen molar-refractivity contribution in [3.8, 4) is 0 Å². The first-order chi connectivity index (χ1) is 12.8. The number of aliphatic hydroxyl groups excluding tert-OH is 1. The van der Waals surface area contributed by atoms with Gasteiger partial charge in [-0.2, -0.15) is 0 Å². The number of hydrogen-bond donors (Lipinski definition) is 4. The Morgan fingerprint density at radius 3 is 2.52 bits per heavy atom. The lowest BCUT2D eigenvalue weighted by atomic mass is 9.96. The molecule has 0 aliphatic rings. The first-order valence-corrected chi connectivity index (χ1v) is 9.95. The van der Waals surface area contributed by atoms with E-state index in [2.05, 4.69) is 5.32 Å². The van der Waals surface area contributed by atoms with Crippen molar-refractivity contribution in [2.24, 2.45) is 5.92 Å². The van der Waals surface area contributed by atoms with Crippen molar-refractivity contribution in [2.45, 2.75) is 56.4 Å². The summed E-state index contributed by atoms with van der Waals surface area (Å²) >= 11 is 1.40. The van der Waals surface area contributed by atoms with E-state index >= 15 is 0 Å². The monoisotopic (exact) mass is 397 g/mol. The van der Waals surface area contributed by atoms with E-state index in [4.69, 9.17) is 5.11 Å². The third kappa shape index (κ3) is 10.0. The van der Waals surface area contributed by atoms with Gasteiger partial charge in [-0.05, 0) is 37.5 Å². The van der Waals surface area contributed by atoms with Gasteiger partial charge in [0.25, 0.3) is 0 Å². The normalized spacial score (nSPS) is 13.0. The number of unbranched alkanes of at least 4 members (excludes halogenated alkanes) is 1. The van der Waals surface area contributed by atoms with Crippen molar-refractivity contribution in [2.75, 3.05) is 11.1 Å². The van der Waals surface area contributed by atoms with Gasteiger partial charge >= 0.3 is 11.9 Å². The minimum Gasteiger partial charge on any atom is -0.481 e. The molecular formula is C19H27NO6S. The van der Waals surface area contributed by atoms with E-state index < -0.39 is 36.3 Å². The van der Waals surface area contributed by atoms with Gasteiger partial charge in [0.05, 0.1) is 12.0 Å². The standard InChI is InChI=1S/C19H27NO6S/c1-2-3-5-13(19(25)26)8-9-15(21)12-27-16-7-4-6-14(10-16)20-17(22)11-18(23)24/h4,6-7,10,13,15,21H,2-3,5,8-9,11-12H2,1H3,(H,20,22)(H,23,24)(H,25,26). The molecule has 1 amide bonds. The lowest BCUT2D eigenvalue weighted by Gasteiger charge is -2.15. The van der Waals surface area contributed by atoms with Gasteiger partial charge in [-0.15, -0.1) is 11.8 Å². The largest absolute Gasteiger partial charge is 0.481 e. The maximum Gasteiger partial charge on any atom is 0.312 e. The molecule has 0 radical (unpaired) electrons. The van der Waals surface area contributed by atoms with Crippen LogP contribution < -0.4 is 5.32 Å². The topological polar surface area (TPSA) is 124 Å². The van der Waals surface area contributed by atoms with Crippen LogP contribution in [0.1, 0.15) is 45.4 Å². The lowest BCUT2D eigenvalue weighted by Crippen LogP contribution is -2.18. The van der Waals surface area contributed by atoms with E-state index in [9.17, 15) is 24.6 Å². The Kier molecular flexibility index (Phi) is 10.5. The molecule has 8 heteroatoms. The van der Waals surface area contributed by atoms with Gasteiger partial charge in [0, 0.05) is 16.3 Å². The molecule has 2 atom stereocenters. The molecule has 0 bridgehead atoms. The second-order valence-corrected chi connectivity index (χ2v) is 7.46.